The molecular weight excluding hydrogens is 254 g/mol. The first-order chi connectivity index (χ1) is 9.39. The molecule has 1 N–H and O–H groups in total. The highest BCUT2D eigenvalue weighted by Crippen LogP contribution is 2.33. The number of fused-ring (bicyclic) bond motifs is 1. The van der Waals surface area contributed by atoms with Crippen molar-refractivity contribution >= 4 is 22.6 Å². The van der Waals surface area contributed by atoms with E-state index in [-0.39, 0.29) is 5.91 Å². The zero-order valence-corrected chi connectivity index (χ0v) is 11.8. The number of amides is 1. The van der Waals surface area contributed by atoms with Crippen LogP contribution in [0.3, 0.4) is 0 Å². The van der Waals surface area contributed by atoms with Gasteiger partial charge in [-0.15, -0.1) is 0 Å². The Morgan fingerprint density at radius 1 is 1.10 bits per heavy atom. The van der Waals surface area contributed by atoms with Crippen molar-refractivity contribution in [2.75, 3.05) is 7.05 Å². The van der Waals surface area contributed by atoms with Crippen LogP contribution < -0.4 is 0 Å². The van der Waals surface area contributed by atoms with Crippen LogP contribution in [0.4, 0.5) is 0 Å². The highest BCUT2D eigenvalue weighted by molar-refractivity contribution is 5.94. The molecule has 0 heterocycles. The van der Waals surface area contributed by atoms with Gasteiger partial charge in [-0.2, -0.15) is 0 Å². The van der Waals surface area contributed by atoms with Gasteiger partial charge in [-0.1, -0.05) is 42.5 Å². The third-order valence-corrected chi connectivity index (χ3v) is 3.87. The molecule has 0 saturated carbocycles. The Balaban J connectivity index is 2.76. The highest BCUT2D eigenvalue weighted by Gasteiger charge is 2.41. The van der Waals surface area contributed by atoms with Crippen LogP contribution in [-0.2, 0) is 15.1 Å². The second-order valence-corrected chi connectivity index (χ2v) is 4.98. The third kappa shape index (κ3) is 2.03. The van der Waals surface area contributed by atoms with Gasteiger partial charge in [0.1, 0.15) is 0 Å². The molecule has 0 radical (unpaired) electrons. The highest BCUT2D eigenvalue weighted by atomic mass is 16.4. The lowest BCUT2D eigenvalue weighted by atomic mass is 9.86. The summed E-state index contributed by atoms with van der Waals surface area (Å²) in [6.07, 6.45) is 0. The van der Waals surface area contributed by atoms with Gasteiger partial charge in [0.2, 0.25) is 5.91 Å². The topological polar surface area (TPSA) is 57.6 Å². The number of hydrogen-bond donors (Lipinski definition) is 1. The maximum atomic E-state index is 11.8. The van der Waals surface area contributed by atoms with Crippen molar-refractivity contribution in [1.29, 1.82) is 0 Å². The van der Waals surface area contributed by atoms with E-state index in [2.05, 4.69) is 0 Å². The van der Waals surface area contributed by atoms with Crippen LogP contribution >= 0.6 is 0 Å². The van der Waals surface area contributed by atoms with Crippen molar-refractivity contribution < 1.29 is 14.7 Å². The zero-order chi connectivity index (χ0) is 14.9. The lowest BCUT2D eigenvalue weighted by Gasteiger charge is -2.35. The second kappa shape index (κ2) is 4.96. The Kier molecular flexibility index (Phi) is 3.49. The number of carboxylic acids is 1. The average Bonchev–Trinajstić information content (AvgIpc) is 2.44. The standard InChI is InChI=1S/C16H17NO3/c1-11(18)17(3)16(2,15(19)20)14-10-6-8-12-7-4-5-9-13(12)14/h4-10H,1-3H3,(H,19,20). The second-order valence-electron chi connectivity index (χ2n) is 4.98. The fourth-order valence-electron chi connectivity index (χ4n) is 2.40. The Morgan fingerprint density at radius 2 is 1.70 bits per heavy atom. The van der Waals surface area contributed by atoms with Crippen molar-refractivity contribution in [1.82, 2.24) is 4.90 Å². The summed E-state index contributed by atoms with van der Waals surface area (Å²) >= 11 is 0. The Bertz CT molecular complexity index is 675. The van der Waals surface area contributed by atoms with Crippen molar-refractivity contribution in [3.8, 4) is 0 Å². The molecule has 1 atom stereocenters. The molecule has 2 rings (SSSR count). The van der Waals surface area contributed by atoms with E-state index in [0.717, 1.165) is 10.8 Å². The molecule has 0 fully saturated rings. The number of likely N-dealkylation sites (N-methyl/N-ethyl adjacent to an activating group) is 1. The van der Waals surface area contributed by atoms with Gasteiger partial charge in [-0.05, 0) is 23.3 Å². The van der Waals surface area contributed by atoms with Crippen molar-refractivity contribution in [3.63, 3.8) is 0 Å². The molecule has 0 spiro atoms. The first-order valence-electron chi connectivity index (χ1n) is 6.35. The van der Waals surface area contributed by atoms with Gasteiger partial charge in [0.15, 0.2) is 5.54 Å². The smallest absolute Gasteiger partial charge is 0.334 e. The molecule has 20 heavy (non-hydrogen) atoms. The largest absolute Gasteiger partial charge is 0.479 e. The normalized spacial score (nSPS) is 13.8. The van der Waals surface area contributed by atoms with Crippen LogP contribution in [0.5, 0.6) is 0 Å². The summed E-state index contributed by atoms with van der Waals surface area (Å²) in [7, 11) is 1.51. The average molecular weight is 271 g/mol. The molecule has 104 valence electrons. The third-order valence-electron chi connectivity index (χ3n) is 3.87. The van der Waals surface area contributed by atoms with Crippen molar-refractivity contribution in [2.45, 2.75) is 19.4 Å². The summed E-state index contributed by atoms with van der Waals surface area (Å²) in [6, 6.07) is 13.1. The van der Waals surface area contributed by atoms with Gasteiger partial charge in [-0.25, -0.2) is 4.79 Å². The fraction of sp³-hybridized carbons (Fsp3) is 0.250. The molecule has 1 unspecified atom stereocenters. The molecular formula is C16H17NO3. The summed E-state index contributed by atoms with van der Waals surface area (Å²) in [6.45, 7) is 2.92. The van der Waals surface area contributed by atoms with E-state index >= 15 is 0 Å². The number of carbonyl (C=O) groups is 2. The molecule has 2 aromatic rings. The van der Waals surface area contributed by atoms with Gasteiger partial charge in [-0.3, -0.25) is 4.79 Å². The summed E-state index contributed by atoms with van der Waals surface area (Å²) < 4.78 is 0. The number of benzene rings is 2. The minimum Gasteiger partial charge on any atom is -0.479 e. The van der Waals surface area contributed by atoms with Crippen molar-refractivity contribution in [3.05, 3.63) is 48.0 Å². The summed E-state index contributed by atoms with van der Waals surface area (Å²) in [5.74, 6) is -1.34. The molecule has 4 nitrogen and oxygen atoms in total. The van der Waals surface area contributed by atoms with Crippen molar-refractivity contribution in [2.24, 2.45) is 0 Å². The summed E-state index contributed by atoms with van der Waals surface area (Å²) in [5.41, 5.74) is -0.784. The summed E-state index contributed by atoms with van der Waals surface area (Å²) in [4.78, 5) is 24.7. The van der Waals surface area contributed by atoms with E-state index in [0.29, 0.717) is 5.56 Å². The first kappa shape index (κ1) is 14.1. The van der Waals surface area contributed by atoms with Crippen LogP contribution in [0.2, 0.25) is 0 Å². The predicted molar refractivity (Wildman–Crippen MR) is 77.4 cm³/mol. The molecule has 0 aromatic heterocycles. The predicted octanol–water partition coefficient (Wildman–Crippen LogP) is 2.62. The van der Waals surface area contributed by atoms with Crippen LogP contribution in [-0.4, -0.2) is 28.9 Å². The quantitative estimate of drug-likeness (QED) is 0.933. The number of nitrogens with zero attached hydrogens (tertiary/aromatic N) is 1. The first-order valence-corrected chi connectivity index (χ1v) is 6.35. The van der Waals surface area contributed by atoms with Gasteiger partial charge in [0.05, 0.1) is 0 Å². The lowest BCUT2D eigenvalue weighted by molar-refractivity contribution is -0.156. The van der Waals surface area contributed by atoms with E-state index in [9.17, 15) is 14.7 Å². The minimum atomic E-state index is -1.40. The SMILES string of the molecule is CC(=O)N(C)C(C)(C(=O)O)c1cccc2ccccc12. The van der Waals surface area contributed by atoms with E-state index in [1.807, 2.05) is 36.4 Å². The molecule has 0 aliphatic carbocycles. The molecule has 0 bridgehead atoms. The van der Waals surface area contributed by atoms with E-state index in [1.165, 1.54) is 18.9 Å². The lowest BCUT2D eigenvalue weighted by Crippen LogP contribution is -2.50. The Hall–Kier alpha value is -2.36. The Morgan fingerprint density at radius 3 is 2.30 bits per heavy atom. The fourth-order valence-corrected chi connectivity index (χ4v) is 2.40. The number of carboxylic acid groups (broad SMARTS) is 1. The van der Waals surface area contributed by atoms with Gasteiger partial charge in [0, 0.05) is 14.0 Å². The maximum Gasteiger partial charge on any atom is 0.334 e. The Labute approximate surface area is 117 Å². The summed E-state index contributed by atoms with van der Waals surface area (Å²) in [5, 5.41) is 11.5. The number of rotatable bonds is 3. The number of carbonyl (C=O) groups excluding carboxylic acids is 1. The van der Waals surface area contributed by atoms with Gasteiger partial charge < -0.3 is 10.0 Å². The van der Waals surface area contributed by atoms with Crippen LogP contribution in [0, 0.1) is 0 Å². The zero-order valence-electron chi connectivity index (χ0n) is 11.8. The van der Waals surface area contributed by atoms with E-state index in [4.69, 9.17) is 0 Å². The molecule has 0 saturated heterocycles. The van der Waals surface area contributed by atoms with Gasteiger partial charge >= 0.3 is 5.97 Å². The molecule has 0 aliphatic heterocycles. The molecule has 1 amide bonds. The van der Waals surface area contributed by atoms with Crippen LogP contribution in [0.1, 0.15) is 19.4 Å². The van der Waals surface area contributed by atoms with Gasteiger partial charge in [0.25, 0.3) is 0 Å². The van der Waals surface area contributed by atoms with E-state index < -0.39 is 11.5 Å². The van der Waals surface area contributed by atoms with Crippen LogP contribution in [0.15, 0.2) is 42.5 Å². The number of hydrogen-bond acceptors (Lipinski definition) is 2. The van der Waals surface area contributed by atoms with E-state index in [1.54, 1.807) is 13.0 Å². The monoisotopic (exact) mass is 271 g/mol. The minimum absolute atomic E-state index is 0.289. The molecule has 0 aliphatic rings. The molecule has 2 aromatic carbocycles. The maximum absolute atomic E-state index is 11.8. The number of aliphatic carboxylic acids is 1. The molecule has 4 heteroatoms. The van der Waals surface area contributed by atoms with Crippen LogP contribution in [0.25, 0.3) is 10.8 Å².